The van der Waals surface area contributed by atoms with Crippen LogP contribution in [0.2, 0.25) is 0 Å². The van der Waals surface area contributed by atoms with Crippen LogP contribution in [0.3, 0.4) is 0 Å². The Bertz CT molecular complexity index is 547. The number of methoxy groups -OCH3 is 1. The zero-order valence-electron chi connectivity index (χ0n) is 13.6. The van der Waals surface area contributed by atoms with Crippen LogP contribution in [0.4, 0.5) is 0 Å². The first-order valence-corrected chi connectivity index (χ1v) is 8.96. The van der Waals surface area contributed by atoms with Crippen LogP contribution in [-0.4, -0.2) is 32.6 Å². The molecule has 0 amide bonds. The van der Waals surface area contributed by atoms with E-state index >= 15 is 0 Å². The van der Waals surface area contributed by atoms with Gasteiger partial charge in [0.15, 0.2) is 9.84 Å². The molecule has 0 aliphatic rings. The van der Waals surface area contributed by atoms with Crippen molar-refractivity contribution in [2.24, 2.45) is 0 Å². The third-order valence-corrected chi connectivity index (χ3v) is 6.09. The topological polar surface area (TPSA) is 55.4 Å². The summed E-state index contributed by atoms with van der Waals surface area (Å²) in [6, 6.07) is 7.36. The third-order valence-electron chi connectivity index (χ3n) is 3.46. The highest BCUT2D eigenvalue weighted by molar-refractivity contribution is 7.92. The predicted octanol–water partition coefficient (Wildman–Crippen LogP) is 2.95. The summed E-state index contributed by atoms with van der Waals surface area (Å²) < 4.78 is 29.4. The van der Waals surface area contributed by atoms with Crippen LogP contribution < -0.4 is 10.1 Å². The highest BCUT2D eigenvalue weighted by atomic mass is 32.2. The Morgan fingerprint density at radius 3 is 2.48 bits per heavy atom. The van der Waals surface area contributed by atoms with Crippen molar-refractivity contribution in [3.8, 4) is 5.75 Å². The van der Waals surface area contributed by atoms with Crippen molar-refractivity contribution in [2.75, 3.05) is 19.4 Å². The standard InChI is InChI=1S/C16H27NO3S/c1-6-10-17-15(12-21(18,19)16(2,3)4)13-8-7-9-14(11-13)20-5/h7-9,11,15,17H,6,10,12H2,1-5H3. The molecule has 1 unspecified atom stereocenters. The zero-order valence-corrected chi connectivity index (χ0v) is 14.5. The van der Waals surface area contributed by atoms with E-state index in [1.165, 1.54) is 0 Å². The summed E-state index contributed by atoms with van der Waals surface area (Å²) in [6.07, 6.45) is 0.954. The third kappa shape index (κ3) is 5.00. The highest BCUT2D eigenvalue weighted by Crippen LogP contribution is 2.25. The van der Waals surface area contributed by atoms with Crippen LogP contribution in [0, 0.1) is 0 Å². The Kier molecular flexibility index (Phi) is 6.23. The molecule has 120 valence electrons. The molecule has 0 fully saturated rings. The molecule has 0 aliphatic carbocycles. The summed E-state index contributed by atoms with van der Waals surface area (Å²) in [5, 5.41) is 3.33. The van der Waals surface area contributed by atoms with Gasteiger partial charge in [0.2, 0.25) is 0 Å². The van der Waals surface area contributed by atoms with E-state index in [-0.39, 0.29) is 11.8 Å². The van der Waals surface area contributed by atoms with E-state index < -0.39 is 14.6 Å². The smallest absolute Gasteiger partial charge is 0.157 e. The van der Waals surface area contributed by atoms with Gasteiger partial charge in [0.05, 0.1) is 17.6 Å². The van der Waals surface area contributed by atoms with Gasteiger partial charge in [-0.1, -0.05) is 19.1 Å². The van der Waals surface area contributed by atoms with Gasteiger partial charge in [0.1, 0.15) is 5.75 Å². The Labute approximate surface area is 128 Å². The van der Waals surface area contributed by atoms with Gasteiger partial charge in [0.25, 0.3) is 0 Å². The Balaban J connectivity index is 3.05. The number of sulfone groups is 1. The average molecular weight is 313 g/mol. The zero-order chi connectivity index (χ0) is 16.1. The molecule has 0 aliphatic heterocycles. The van der Waals surface area contributed by atoms with Crippen molar-refractivity contribution in [3.63, 3.8) is 0 Å². The van der Waals surface area contributed by atoms with Gasteiger partial charge >= 0.3 is 0 Å². The second-order valence-corrected chi connectivity index (χ2v) is 8.96. The second kappa shape index (κ2) is 7.27. The maximum Gasteiger partial charge on any atom is 0.157 e. The molecule has 0 saturated carbocycles. The number of hydrogen-bond donors (Lipinski definition) is 1. The molecule has 0 spiro atoms. The maximum atomic E-state index is 12.5. The first kappa shape index (κ1) is 18.0. The van der Waals surface area contributed by atoms with Crippen molar-refractivity contribution >= 4 is 9.84 Å². The fraction of sp³-hybridized carbons (Fsp3) is 0.625. The SMILES string of the molecule is CCCNC(CS(=O)(=O)C(C)(C)C)c1cccc(OC)c1. The molecule has 0 saturated heterocycles. The molecule has 21 heavy (non-hydrogen) atoms. The Morgan fingerprint density at radius 1 is 1.29 bits per heavy atom. The molecule has 0 radical (unpaired) electrons. The molecule has 5 heteroatoms. The van der Waals surface area contributed by atoms with E-state index in [2.05, 4.69) is 12.2 Å². The number of rotatable bonds is 7. The van der Waals surface area contributed by atoms with E-state index in [4.69, 9.17) is 4.74 Å². The van der Waals surface area contributed by atoms with Crippen LogP contribution in [0.1, 0.15) is 45.7 Å². The predicted molar refractivity (Wildman–Crippen MR) is 87.6 cm³/mol. The van der Waals surface area contributed by atoms with Gasteiger partial charge in [0, 0.05) is 6.04 Å². The molecule has 1 N–H and O–H groups in total. The van der Waals surface area contributed by atoms with Gasteiger partial charge in [-0.05, 0) is 51.4 Å². The largest absolute Gasteiger partial charge is 0.497 e. The number of nitrogens with one attached hydrogen (secondary N) is 1. The van der Waals surface area contributed by atoms with Crippen LogP contribution in [0.25, 0.3) is 0 Å². The lowest BCUT2D eigenvalue weighted by atomic mass is 10.1. The summed E-state index contributed by atoms with van der Waals surface area (Å²) in [5.74, 6) is 0.827. The average Bonchev–Trinajstić information content (AvgIpc) is 2.42. The molecule has 1 atom stereocenters. The first-order chi connectivity index (χ1) is 9.71. The van der Waals surface area contributed by atoms with Gasteiger partial charge in [-0.25, -0.2) is 8.42 Å². The monoisotopic (exact) mass is 313 g/mol. The molecule has 1 aromatic rings. The fourth-order valence-electron chi connectivity index (χ4n) is 1.92. The highest BCUT2D eigenvalue weighted by Gasteiger charge is 2.32. The van der Waals surface area contributed by atoms with E-state index in [0.717, 1.165) is 24.3 Å². The quantitative estimate of drug-likeness (QED) is 0.841. The van der Waals surface area contributed by atoms with Crippen molar-refractivity contribution in [1.82, 2.24) is 5.32 Å². The minimum Gasteiger partial charge on any atom is -0.497 e. The van der Waals surface area contributed by atoms with E-state index in [1.54, 1.807) is 27.9 Å². The number of benzene rings is 1. The molecular formula is C16H27NO3S. The summed E-state index contributed by atoms with van der Waals surface area (Å²) >= 11 is 0. The van der Waals surface area contributed by atoms with Gasteiger partial charge in [-0.15, -0.1) is 0 Å². The summed E-state index contributed by atoms with van der Waals surface area (Å²) in [5.41, 5.74) is 0.940. The van der Waals surface area contributed by atoms with Crippen molar-refractivity contribution in [3.05, 3.63) is 29.8 Å². The summed E-state index contributed by atoms with van der Waals surface area (Å²) in [6.45, 7) is 8.07. The van der Waals surface area contributed by atoms with Crippen LogP contribution in [0.15, 0.2) is 24.3 Å². The Morgan fingerprint density at radius 2 is 1.95 bits per heavy atom. The van der Waals surface area contributed by atoms with Crippen molar-refractivity contribution in [1.29, 1.82) is 0 Å². The van der Waals surface area contributed by atoms with Gasteiger partial charge in [-0.2, -0.15) is 0 Å². The number of ether oxygens (including phenoxy) is 1. The lowest BCUT2D eigenvalue weighted by Crippen LogP contribution is -2.37. The molecule has 1 rings (SSSR count). The lowest BCUT2D eigenvalue weighted by Gasteiger charge is -2.25. The molecule has 0 bridgehead atoms. The van der Waals surface area contributed by atoms with Crippen molar-refractivity contribution < 1.29 is 13.2 Å². The van der Waals surface area contributed by atoms with Crippen LogP contribution in [0.5, 0.6) is 5.75 Å². The van der Waals surface area contributed by atoms with Crippen LogP contribution in [-0.2, 0) is 9.84 Å². The number of hydrogen-bond acceptors (Lipinski definition) is 4. The van der Waals surface area contributed by atoms with E-state index in [0.29, 0.717) is 0 Å². The first-order valence-electron chi connectivity index (χ1n) is 7.31. The van der Waals surface area contributed by atoms with E-state index in [9.17, 15) is 8.42 Å². The minimum absolute atomic E-state index is 0.0870. The van der Waals surface area contributed by atoms with E-state index in [1.807, 2.05) is 24.3 Å². The maximum absolute atomic E-state index is 12.5. The lowest BCUT2D eigenvalue weighted by molar-refractivity contribution is 0.413. The van der Waals surface area contributed by atoms with Crippen LogP contribution >= 0.6 is 0 Å². The second-order valence-electron chi connectivity index (χ2n) is 6.18. The van der Waals surface area contributed by atoms with Gasteiger partial charge in [-0.3, -0.25) is 0 Å². The van der Waals surface area contributed by atoms with Crippen molar-refractivity contribution in [2.45, 2.75) is 44.9 Å². The molecular weight excluding hydrogens is 286 g/mol. The summed E-state index contributed by atoms with van der Waals surface area (Å²) in [7, 11) is -1.59. The normalized spacial score (nSPS) is 14.0. The Hall–Kier alpha value is -1.07. The molecule has 4 nitrogen and oxygen atoms in total. The molecule has 1 aromatic carbocycles. The molecule has 0 aromatic heterocycles. The summed E-state index contributed by atoms with van der Waals surface area (Å²) in [4.78, 5) is 0. The molecule has 0 heterocycles. The minimum atomic E-state index is -3.20. The fourth-order valence-corrected chi connectivity index (χ4v) is 3.17. The van der Waals surface area contributed by atoms with Gasteiger partial charge < -0.3 is 10.1 Å².